The van der Waals surface area contributed by atoms with E-state index in [2.05, 4.69) is 10.3 Å². The van der Waals surface area contributed by atoms with Gasteiger partial charge in [-0.15, -0.1) is 0 Å². The number of carbonyl (C=O) groups excluding carboxylic acids is 1. The Balaban J connectivity index is 1.33. The first kappa shape index (κ1) is 17.1. The average Bonchev–Trinajstić information content (AvgIpc) is 3.42. The fourth-order valence-corrected chi connectivity index (χ4v) is 3.12. The summed E-state index contributed by atoms with van der Waals surface area (Å²) < 4.78 is 7.63. The zero-order valence-electron chi connectivity index (χ0n) is 14.4. The number of hydrogen-bond donors (Lipinski definition) is 1. The van der Waals surface area contributed by atoms with Crippen LogP contribution in [0, 0.1) is 0 Å². The summed E-state index contributed by atoms with van der Waals surface area (Å²) in [6, 6.07) is 19.0. The quantitative estimate of drug-likeness (QED) is 0.533. The molecule has 0 radical (unpaired) electrons. The third-order valence-corrected chi connectivity index (χ3v) is 4.67. The minimum atomic E-state index is -0.0998. The van der Waals surface area contributed by atoms with Gasteiger partial charge in [0.15, 0.2) is 0 Å². The molecule has 27 heavy (non-hydrogen) atoms. The zero-order chi connectivity index (χ0) is 18.5. The molecule has 0 aliphatic heterocycles. The van der Waals surface area contributed by atoms with Crippen molar-refractivity contribution >= 4 is 17.2 Å². The Kier molecular flexibility index (Phi) is 4.98. The lowest BCUT2D eigenvalue weighted by molar-refractivity contribution is 0.0951. The number of benzene rings is 2. The number of aromatic nitrogens is 2. The highest BCUT2D eigenvalue weighted by atomic mass is 32.1. The topological polar surface area (TPSA) is 56.1 Å². The second-order valence-corrected chi connectivity index (χ2v) is 6.72. The number of rotatable bonds is 6. The molecule has 0 atom stereocenters. The van der Waals surface area contributed by atoms with Crippen LogP contribution in [0.4, 0.5) is 0 Å². The fourth-order valence-electron chi connectivity index (χ4n) is 2.61. The summed E-state index contributed by atoms with van der Waals surface area (Å²) in [5.41, 5.74) is 2.65. The third-order valence-electron chi connectivity index (χ3n) is 4.02. The highest BCUT2D eigenvalue weighted by Gasteiger charge is 2.06. The number of hydrogen-bond acceptors (Lipinski definition) is 4. The summed E-state index contributed by atoms with van der Waals surface area (Å²) in [5, 5.41) is 5.41. The van der Waals surface area contributed by atoms with Gasteiger partial charge < -0.3 is 14.6 Å². The van der Waals surface area contributed by atoms with Crippen molar-refractivity contribution in [2.45, 2.75) is 6.54 Å². The molecule has 4 rings (SSSR count). The molecule has 2 aromatic carbocycles. The second kappa shape index (κ2) is 7.88. The van der Waals surface area contributed by atoms with Gasteiger partial charge in [0, 0.05) is 41.8 Å². The first-order valence-electron chi connectivity index (χ1n) is 8.46. The molecule has 0 bridgehead atoms. The third kappa shape index (κ3) is 4.24. The van der Waals surface area contributed by atoms with Gasteiger partial charge >= 0.3 is 0 Å². The minimum Gasteiger partial charge on any atom is -0.431 e. The number of amides is 1. The van der Waals surface area contributed by atoms with Crippen molar-refractivity contribution in [2.24, 2.45) is 0 Å². The van der Waals surface area contributed by atoms with Crippen LogP contribution in [0.2, 0.25) is 0 Å². The first-order valence-corrected chi connectivity index (χ1v) is 9.34. The Morgan fingerprint density at radius 1 is 1.04 bits per heavy atom. The summed E-state index contributed by atoms with van der Waals surface area (Å²) in [6.07, 6.45) is 5.64. The van der Waals surface area contributed by atoms with Crippen LogP contribution in [0.15, 0.2) is 84.6 Å². The normalized spacial score (nSPS) is 10.5. The molecule has 134 valence electrons. The maximum atomic E-state index is 12.3. The predicted octanol–water partition coefficient (Wildman–Crippen LogP) is 4.66. The highest BCUT2D eigenvalue weighted by molar-refractivity contribution is 7.11. The molecule has 0 saturated carbocycles. The van der Waals surface area contributed by atoms with E-state index in [4.69, 9.17) is 4.74 Å². The lowest BCUT2D eigenvalue weighted by atomic mass is 10.1. The number of ether oxygens (including phenoxy) is 1. The molecule has 2 aromatic heterocycles. The Labute approximate surface area is 160 Å². The van der Waals surface area contributed by atoms with Crippen molar-refractivity contribution in [3.05, 3.63) is 95.8 Å². The van der Waals surface area contributed by atoms with Gasteiger partial charge in [-0.3, -0.25) is 4.79 Å². The summed E-state index contributed by atoms with van der Waals surface area (Å²) in [4.78, 5) is 16.4. The van der Waals surface area contributed by atoms with E-state index in [0.29, 0.717) is 17.3 Å². The van der Waals surface area contributed by atoms with Gasteiger partial charge in [-0.25, -0.2) is 4.98 Å². The molecule has 1 amide bonds. The predicted molar refractivity (Wildman–Crippen MR) is 106 cm³/mol. The molecule has 0 aliphatic carbocycles. The van der Waals surface area contributed by atoms with Crippen LogP contribution in [0.3, 0.4) is 0 Å². The summed E-state index contributed by atoms with van der Waals surface area (Å²) in [7, 11) is 0. The van der Waals surface area contributed by atoms with Crippen LogP contribution in [0.5, 0.6) is 10.9 Å². The van der Waals surface area contributed by atoms with E-state index < -0.39 is 0 Å². The molecule has 4 aromatic rings. The first-order chi connectivity index (χ1) is 13.3. The molecule has 6 heteroatoms. The average molecular weight is 375 g/mol. The molecule has 5 nitrogen and oxygen atoms in total. The Morgan fingerprint density at radius 3 is 2.44 bits per heavy atom. The van der Waals surface area contributed by atoms with Crippen LogP contribution < -0.4 is 10.1 Å². The molecule has 2 heterocycles. The van der Waals surface area contributed by atoms with Crippen LogP contribution in [0.25, 0.3) is 5.69 Å². The van der Waals surface area contributed by atoms with Crippen molar-refractivity contribution < 1.29 is 9.53 Å². The molecule has 0 saturated heterocycles. The van der Waals surface area contributed by atoms with Crippen molar-refractivity contribution in [1.82, 2.24) is 14.9 Å². The van der Waals surface area contributed by atoms with Crippen molar-refractivity contribution in [2.75, 3.05) is 0 Å². The van der Waals surface area contributed by atoms with Crippen molar-refractivity contribution in [3.8, 4) is 16.6 Å². The van der Waals surface area contributed by atoms with Gasteiger partial charge in [0.2, 0.25) is 0 Å². The summed E-state index contributed by atoms with van der Waals surface area (Å²) in [5.74, 6) is 0.623. The van der Waals surface area contributed by atoms with Crippen LogP contribution in [-0.2, 0) is 6.54 Å². The zero-order valence-corrected chi connectivity index (χ0v) is 15.2. The number of nitrogens with zero attached hydrogens (tertiary/aromatic N) is 2. The Hall–Kier alpha value is -3.38. The number of carbonyl (C=O) groups is 1. The van der Waals surface area contributed by atoms with Crippen molar-refractivity contribution in [1.29, 1.82) is 0 Å². The monoisotopic (exact) mass is 375 g/mol. The SMILES string of the molecule is O=C(NCc1ccc(Oc2nccs2)cc1)c1ccc(-n2cccc2)cc1. The molecular weight excluding hydrogens is 358 g/mol. The number of thiazole rings is 1. The van der Waals surface area contributed by atoms with Gasteiger partial charge in [-0.1, -0.05) is 23.5 Å². The molecule has 0 aliphatic rings. The lowest BCUT2D eigenvalue weighted by Gasteiger charge is -2.08. The minimum absolute atomic E-state index is 0.0998. The summed E-state index contributed by atoms with van der Waals surface area (Å²) >= 11 is 1.44. The molecule has 0 fully saturated rings. The number of nitrogens with one attached hydrogen (secondary N) is 1. The maximum Gasteiger partial charge on any atom is 0.278 e. The molecule has 0 unspecified atom stereocenters. The van der Waals surface area contributed by atoms with Crippen LogP contribution in [0.1, 0.15) is 15.9 Å². The van der Waals surface area contributed by atoms with E-state index in [9.17, 15) is 4.79 Å². The fraction of sp³-hybridized carbons (Fsp3) is 0.0476. The van der Waals surface area contributed by atoms with Crippen LogP contribution in [-0.4, -0.2) is 15.5 Å². The Bertz CT molecular complexity index is 993. The Morgan fingerprint density at radius 2 is 1.78 bits per heavy atom. The molecular formula is C21H17N3O2S. The highest BCUT2D eigenvalue weighted by Crippen LogP contribution is 2.23. The van der Waals surface area contributed by atoms with Gasteiger partial charge in [-0.05, 0) is 54.1 Å². The molecule has 0 spiro atoms. The standard InChI is InChI=1S/C21H17N3O2S/c25-20(17-5-7-18(8-6-17)24-12-1-2-13-24)23-15-16-3-9-19(10-4-16)26-21-22-11-14-27-21/h1-14H,15H2,(H,23,25). The van der Waals surface area contributed by atoms with E-state index in [1.54, 1.807) is 6.20 Å². The lowest BCUT2D eigenvalue weighted by Crippen LogP contribution is -2.22. The largest absolute Gasteiger partial charge is 0.431 e. The summed E-state index contributed by atoms with van der Waals surface area (Å²) in [6.45, 7) is 0.454. The smallest absolute Gasteiger partial charge is 0.278 e. The van der Waals surface area contributed by atoms with Gasteiger partial charge in [0.1, 0.15) is 5.75 Å². The maximum absolute atomic E-state index is 12.3. The van der Waals surface area contributed by atoms with Gasteiger partial charge in [-0.2, -0.15) is 0 Å². The van der Waals surface area contributed by atoms with E-state index in [1.807, 2.05) is 83.0 Å². The van der Waals surface area contributed by atoms with Gasteiger partial charge in [0.05, 0.1) is 0 Å². The van der Waals surface area contributed by atoms with E-state index >= 15 is 0 Å². The second-order valence-electron chi connectivity index (χ2n) is 5.86. The molecule has 1 N–H and O–H groups in total. The van der Waals surface area contributed by atoms with Gasteiger partial charge in [0.25, 0.3) is 11.1 Å². The van der Waals surface area contributed by atoms with Crippen molar-refractivity contribution in [3.63, 3.8) is 0 Å². The van der Waals surface area contributed by atoms with E-state index in [0.717, 1.165) is 17.0 Å². The van der Waals surface area contributed by atoms with E-state index in [1.165, 1.54) is 11.3 Å². The van der Waals surface area contributed by atoms with E-state index in [-0.39, 0.29) is 5.91 Å². The van der Waals surface area contributed by atoms with Crippen LogP contribution >= 0.6 is 11.3 Å².